The summed E-state index contributed by atoms with van der Waals surface area (Å²) in [6.45, 7) is 2.04. The Hall–Kier alpha value is -0.640. The second kappa shape index (κ2) is 5.34. The van der Waals surface area contributed by atoms with Gasteiger partial charge in [-0.1, -0.05) is 17.7 Å². The van der Waals surface area contributed by atoms with Gasteiger partial charge < -0.3 is 10.1 Å². The van der Waals surface area contributed by atoms with Crippen molar-refractivity contribution in [2.24, 2.45) is 0 Å². The van der Waals surface area contributed by atoms with Crippen LogP contribution in [0.15, 0.2) is 18.2 Å². The molecular formula is C13H17ClFNO. The molecule has 1 saturated heterocycles. The first kappa shape index (κ1) is 12.8. The molecule has 1 heterocycles. The normalized spacial score (nSPS) is 19.2. The number of hydrogen-bond acceptors (Lipinski definition) is 2. The van der Waals surface area contributed by atoms with Crippen molar-refractivity contribution in [1.29, 1.82) is 0 Å². The van der Waals surface area contributed by atoms with E-state index < -0.39 is 0 Å². The zero-order valence-electron chi connectivity index (χ0n) is 9.93. The molecule has 2 rings (SSSR count). The van der Waals surface area contributed by atoms with E-state index in [1.165, 1.54) is 6.07 Å². The number of hydrogen-bond donors (Lipinski definition) is 1. The highest BCUT2D eigenvalue weighted by atomic mass is 35.5. The van der Waals surface area contributed by atoms with Crippen molar-refractivity contribution in [1.82, 2.24) is 5.32 Å². The van der Waals surface area contributed by atoms with Gasteiger partial charge in [-0.05, 0) is 32.0 Å². The molecule has 1 aliphatic heterocycles. The maximum absolute atomic E-state index is 14.1. The lowest BCUT2D eigenvalue weighted by Gasteiger charge is -2.38. The second-order valence-electron chi connectivity index (χ2n) is 4.52. The molecule has 4 heteroatoms. The summed E-state index contributed by atoms with van der Waals surface area (Å²) in [5.41, 5.74) is 0.398. The first-order valence-corrected chi connectivity index (χ1v) is 6.24. The fourth-order valence-electron chi connectivity index (χ4n) is 2.62. The summed E-state index contributed by atoms with van der Waals surface area (Å²) in [4.78, 5) is 0. The third-order valence-electron chi connectivity index (χ3n) is 3.46. The van der Waals surface area contributed by atoms with Gasteiger partial charge in [-0.2, -0.15) is 0 Å². The van der Waals surface area contributed by atoms with Crippen LogP contribution >= 0.6 is 11.6 Å². The van der Waals surface area contributed by atoms with Crippen LogP contribution in [0.5, 0.6) is 0 Å². The van der Waals surface area contributed by atoms with Crippen molar-refractivity contribution in [3.05, 3.63) is 34.6 Å². The highest BCUT2D eigenvalue weighted by molar-refractivity contribution is 6.31. The first-order valence-electron chi connectivity index (χ1n) is 5.86. The van der Waals surface area contributed by atoms with Gasteiger partial charge >= 0.3 is 0 Å². The number of rotatable bonds is 3. The van der Waals surface area contributed by atoms with Gasteiger partial charge in [-0.25, -0.2) is 4.39 Å². The van der Waals surface area contributed by atoms with Crippen LogP contribution in [-0.2, 0) is 10.2 Å². The summed E-state index contributed by atoms with van der Waals surface area (Å²) in [6.07, 6.45) is 1.60. The first-order chi connectivity index (χ1) is 8.19. The van der Waals surface area contributed by atoms with Crippen LogP contribution in [0.25, 0.3) is 0 Å². The summed E-state index contributed by atoms with van der Waals surface area (Å²) in [7, 11) is 1.88. The molecule has 0 atom stereocenters. The zero-order valence-corrected chi connectivity index (χ0v) is 10.7. The Morgan fingerprint density at radius 3 is 2.71 bits per heavy atom. The molecule has 0 unspecified atom stereocenters. The Morgan fingerprint density at radius 2 is 2.12 bits per heavy atom. The molecule has 0 bridgehead atoms. The number of likely N-dealkylation sites (N-methyl/N-ethyl adjacent to an activating group) is 1. The van der Waals surface area contributed by atoms with Gasteiger partial charge in [0, 0.05) is 35.8 Å². The molecule has 0 radical (unpaired) electrons. The van der Waals surface area contributed by atoms with E-state index in [9.17, 15) is 4.39 Å². The van der Waals surface area contributed by atoms with Crippen molar-refractivity contribution < 1.29 is 9.13 Å². The summed E-state index contributed by atoms with van der Waals surface area (Å²) in [6, 6.07) is 4.88. The van der Waals surface area contributed by atoms with Crippen molar-refractivity contribution in [2.45, 2.75) is 18.3 Å². The highest BCUT2D eigenvalue weighted by Gasteiger charge is 2.37. The minimum Gasteiger partial charge on any atom is -0.381 e. The van der Waals surface area contributed by atoms with E-state index in [4.69, 9.17) is 16.3 Å². The Balaban J connectivity index is 2.44. The lowest BCUT2D eigenvalue weighted by atomic mass is 9.74. The van der Waals surface area contributed by atoms with Gasteiger partial charge in [0.15, 0.2) is 0 Å². The van der Waals surface area contributed by atoms with Crippen molar-refractivity contribution in [3.63, 3.8) is 0 Å². The quantitative estimate of drug-likeness (QED) is 0.899. The molecule has 1 aromatic rings. The Morgan fingerprint density at radius 1 is 1.41 bits per heavy atom. The zero-order chi connectivity index (χ0) is 12.3. The molecule has 0 saturated carbocycles. The smallest absolute Gasteiger partial charge is 0.128 e. The number of nitrogens with one attached hydrogen (secondary N) is 1. The van der Waals surface area contributed by atoms with Gasteiger partial charge in [-0.3, -0.25) is 0 Å². The van der Waals surface area contributed by atoms with Gasteiger partial charge in [0.2, 0.25) is 0 Å². The standard InChI is InChI=1S/C13H17ClFNO/c1-16-9-13(5-7-17-8-6-13)12-10(14)3-2-4-11(12)15/h2-4,16H,5-9H2,1H3. The van der Waals surface area contributed by atoms with Gasteiger partial charge in [0.1, 0.15) is 5.82 Å². The molecule has 2 nitrogen and oxygen atoms in total. The maximum Gasteiger partial charge on any atom is 0.128 e. The van der Waals surface area contributed by atoms with Gasteiger partial charge in [0.25, 0.3) is 0 Å². The minimum absolute atomic E-state index is 0.213. The van der Waals surface area contributed by atoms with E-state index >= 15 is 0 Å². The molecule has 0 aromatic heterocycles. The maximum atomic E-state index is 14.1. The Bertz CT molecular complexity index is 365. The van der Waals surface area contributed by atoms with Crippen LogP contribution in [-0.4, -0.2) is 26.8 Å². The lowest BCUT2D eigenvalue weighted by molar-refractivity contribution is 0.0494. The predicted molar refractivity (Wildman–Crippen MR) is 67.1 cm³/mol. The third kappa shape index (κ3) is 2.46. The van der Waals surface area contributed by atoms with Crippen LogP contribution < -0.4 is 5.32 Å². The third-order valence-corrected chi connectivity index (χ3v) is 3.77. The van der Waals surface area contributed by atoms with E-state index in [0.717, 1.165) is 19.4 Å². The molecule has 0 amide bonds. The molecule has 1 aromatic carbocycles. The largest absolute Gasteiger partial charge is 0.381 e. The predicted octanol–water partition coefficient (Wildman–Crippen LogP) is 2.75. The van der Waals surface area contributed by atoms with E-state index in [1.807, 2.05) is 7.05 Å². The minimum atomic E-state index is -0.241. The van der Waals surface area contributed by atoms with Crippen LogP contribution in [0.4, 0.5) is 4.39 Å². The fourth-order valence-corrected chi connectivity index (χ4v) is 2.98. The topological polar surface area (TPSA) is 21.3 Å². The van der Waals surface area contributed by atoms with E-state index in [2.05, 4.69) is 5.32 Å². The summed E-state index contributed by atoms with van der Waals surface area (Å²) in [5, 5.41) is 3.67. The van der Waals surface area contributed by atoms with Crippen molar-refractivity contribution in [2.75, 3.05) is 26.8 Å². The summed E-state index contributed by atoms with van der Waals surface area (Å²) >= 11 is 6.18. The van der Waals surface area contributed by atoms with Gasteiger partial charge in [0.05, 0.1) is 0 Å². The molecule has 1 aliphatic rings. The summed E-state index contributed by atoms with van der Waals surface area (Å²) in [5.74, 6) is -0.213. The van der Waals surface area contributed by atoms with Crippen molar-refractivity contribution in [3.8, 4) is 0 Å². The number of ether oxygens (including phenoxy) is 1. The van der Waals surface area contributed by atoms with Crippen LogP contribution in [0.1, 0.15) is 18.4 Å². The highest BCUT2D eigenvalue weighted by Crippen LogP contribution is 2.39. The van der Waals surface area contributed by atoms with Crippen molar-refractivity contribution >= 4 is 11.6 Å². The molecule has 94 valence electrons. The second-order valence-corrected chi connectivity index (χ2v) is 4.93. The number of halogens is 2. The van der Waals surface area contributed by atoms with E-state index in [0.29, 0.717) is 23.8 Å². The Kier molecular flexibility index (Phi) is 4.02. The molecular weight excluding hydrogens is 241 g/mol. The van der Waals surface area contributed by atoms with E-state index in [-0.39, 0.29) is 11.2 Å². The fraction of sp³-hybridized carbons (Fsp3) is 0.538. The lowest BCUT2D eigenvalue weighted by Crippen LogP contribution is -2.42. The van der Waals surface area contributed by atoms with Crippen LogP contribution in [0.2, 0.25) is 5.02 Å². The average molecular weight is 258 g/mol. The SMILES string of the molecule is CNCC1(c2c(F)cccc2Cl)CCOCC1. The van der Waals surface area contributed by atoms with E-state index in [1.54, 1.807) is 12.1 Å². The number of benzene rings is 1. The molecule has 1 fully saturated rings. The molecule has 0 spiro atoms. The molecule has 0 aliphatic carbocycles. The monoisotopic (exact) mass is 257 g/mol. The van der Waals surface area contributed by atoms with Crippen LogP contribution in [0, 0.1) is 5.82 Å². The summed E-state index contributed by atoms with van der Waals surface area (Å²) < 4.78 is 19.4. The molecule has 1 N–H and O–H groups in total. The van der Waals surface area contributed by atoms with Crippen LogP contribution in [0.3, 0.4) is 0 Å². The molecule has 17 heavy (non-hydrogen) atoms. The average Bonchev–Trinajstić information content (AvgIpc) is 2.30. The van der Waals surface area contributed by atoms with Gasteiger partial charge in [-0.15, -0.1) is 0 Å². The Labute approximate surface area is 106 Å².